The summed E-state index contributed by atoms with van der Waals surface area (Å²) in [6, 6.07) is 17.1. The van der Waals surface area contributed by atoms with Gasteiger partial charge in [-0.05, 0) is 81.3 Å². The Bertz CT molecular complexity index is 1340. The molecule has 0 aromatic heterocycles. The van der Waals surface area contributed by atoms with E-state index in [0.29, 0.717) is 36.0 Å². The summed E-state index contributed by atoms with van der Waals surface area (Å²) in [5, 5.41) is 12.8. The van der Waals surface area contributed by atoms with Crippen molar-refractivity contribution < 1.29 is 19.4 Å². The van der Waals surface area contributed by atoms with Gasteiger partial charge in [-0.25, -0.2) is 9.79 Å². The fourth-order valence-electron chi connectivity index (χ4n) is 2.95. The number of nitrogens with one attached hydrogen (secondary N) is 1. The van der Waals surface area contributed by atoms with Crippen LogP contribution < -0.4 is 10.1 Å². The van der Waals surface area contributed by atoms with Crippen LogP contribution >= 0.6 is 50.9 Å². The van der Waals surface area contributed by atoms with Crippen molar-refractivity contribution in [2.75, 3.05) is 0 Å². The van der Waals surface area contributed by atoms with Gasteiger partial charge in [0.2, 0.25) is 0 Å². The fraction of sp³-hybridized carbons (Fsp3) is 0.0417. The lowest BCUT2D eigenvalue weighted by Gasteiger charge is -2.09. The minimum absolute atomic E-state index is 0.222. The third-order valence-electron chi connectivity index (χ3n) is 4.65. The average molecular weight is 578 g/mol. The summed E-state index contributed by atoms with van der Waals surface area (Å²) < 4.78 is 6.55. The Kier molecular flexibility index (Phi) is 7.63. The van der Waals surface area contributed by atoms with E-state index in [9.17, 15) is 9.59 Å². The van der Waals surface area contributed by atoms with E-state index >= 15 is 0 Å². The fourth-order valence-corrected chi connectivity index (χ4v) is 4.63. The topological polar surface area (TPSA) is 88.0 Å². The molecule has 0 atom stereocenters. The quantitative estimate of drug-likeness (QED) is 0.310. The van der Waals surface area contributed by atoms with Crippen molar-refractivity contribution >= 4 is 79.7 Å². The summed E-state index contributed by atoms with van der Waals surface area (Å²) in [7, 11) is 0. The van der Waals surface area contributed by atoms with Crippen molar-refractivity contribution in [3.63, 3.8) is 0 Å². The number of amides is 1. The van der Waals surface area contributed by atoms with Crippen molar-refractivity contribution in [2.24, 2.45) is 4.99 Å². The first-order chi connectivity index (χ1) is 16.3. The van der Waals surface area contributed by atoms with Gasteiger partial charge >= 0.3 is 5.97 Å². The molecule has 0 aliphatic carbocycles. The van der Waals surface area contributed by atoms with Crippen LogP contribution in [0.25, 0.3) is 6.08 Å². The molecular weight excluding hydrogens is 563 g/mol. The van der Waals surface area contributed by atoms with Gasteiger partial charge in [-0.3, -0.25) is 4.79 Å². The summed E-state index contributed by atoms with van der Waals surface area (Å²) >= 11 is 16.9. The number of nitrogens with zero attached hydrogens (tertiary/aromatic N) is 1. The summed E-state index contributed by atoms with van der Waals surface area (Å²) in [6.07, 6.45) is 1.75. The van der Waals surface area contributed by atoms with Crippen LogP contribution in [0, 0.1) is 0 Å². The number of carbonyl (C=O) groups excluding carboxylic acids is 1. The smallest absolute Gasteiger partial charge is 0.335 e. The summed E-state index contributed by atoms with van der Waals surface area (Å²) in [4.78, 5) is 28.2. The normalized spacial score (nSPS) is 15.6. The van der Waals surface area contributed by atoms with Crippen LogP contribution in [0.3, 0.4) is 0 Å². The number of carbonyl (C=O) groups is 2. The number of amidine groups is 1. The van der Waals surface area contributed by atoms with Gasteiger partial charge < -0.3 is 15.2 Å². The van der Waals surface area contributed by atoms with Gasteiger partial charge in [0.1, 0.15) is 12.4 Å². The Morgan fingerprint density at radius 3 is 2.62 bits per heavy atom. The van der Waals surface area contributed by atoms with Gasteiger partial charge in [0, 0.05) is 0 Å². The van der Waals surface area contributed by atoms with Crippen LogP contribution in [-0.4, -0.2) is 22.2 Å². The van der Waals surface area contributed by atoms with E-state index in [1.54, 1.807) is 42.5 Å². The molecule has 34 heavy (non-hydrogen) atoms. The van der Waals surface area contributed by atoms with Crippen molar-refractivity contribution in [3.05, 3.63) is 96.8 Å². The minimum Gasteiger partial charge on any atom is -0.488 e. The second-order valence-corrected chi connectivity index (χ2v) is 9.71. The number of carboxylic acid groups (broad SMARTS) is 1. The number of hydrogen-bond donors (Lipinski definition) is 2. The third kappa shape index (κ3) is 5.82. The lowest BCUT2D eigenvalue weighted by atomic mass is 10.1. The second-order valence-electron chi connectivity index (χ2n) is 7.04. The predicted molar refractivity (Wildman–Crippen MR) is 139 cm³/mol. The molecule has 0 spiro atoms. The molecule has 1 amide bonds. The Morgan fingerprint density at radius 1 is 1.15 bits per heavy atom. The number of aromatic carboxylic acids is 1. The van der Waals surface area contributed by atoms with E-state index in [0.717, 1.165) is 11.1 Å². The molecule has 172 valence electrons. The van der Waals surface area contributed by atoms with Gasteiger partial charge in [-0.15, -0.1) is 0 Å². The number of aliphatic imine (C=N–C) groups is 1. The Morgan fingerprint density at radius 2 is 1.91 bits per heavy atom. The lowest BCUT2D eigenvalue weighted by Crippen LogP contribution is -2.19. The highest BCUT2D eigenvalue weighted by Gasteiger charge is 2.24. The third-order valence-corrected chi connectivity index (χ3v) is 6.99. The molecule has 0 saturated carbocycles. The minimum atomic E-state index is -0.972. The molecular formula is C24H15BrCl2N2O4S. The molecule has 10 heteroatoms. The number of benzene rings is 3. The standard InChI is InChI=1S/C24H15BrCl2N2O4S/c25-16-10-14(6-9-19(16)33-12-13-4-7-15(8-5-13)23(31)32)11-20-22(30)29-24(34-20)28-18-3-1-2-17(26)21(18)27/h1-11H,12H2,(H,31,32)(H,28,29,30). The van der Waals surface area contributed by atoms with E-state index in [4.69, 9.17) is 33.0 Å². The maximum absolute atomic E-state index is 12.4. The number of rotatable bonds is 6. The molecule has 0 radical (unpaired) electrons. The molecule has 1 aliphatic rings. The monoisotopic (exact) mass is 576 g/mol. The molecule has 4 rings (SSSR count). The van der Waals surface area contributed by atoms with E-state index in [-0.39, 0.29) is 18.1 Å². The Hall–Kier alpha value is -2.78. The van der Waals surface area contributed by atoms with Gasteiger partial charge in [0.15, 0.2) is 5.17 Å². The first kappa shape index (κ1) is 24.3. The summed E-state index contributed by atoms with van der Waals surface area (Å²) in [6.45, 7) is 0.281. The number of carboxylic acids is 1. The number of ether oxygens (including phenoxy) is 1. The average Bonchev–Trinajstić information content (AvgIpc) is 3.15. The maximum Gasteiger partial charge on any atom is 0.335 e. The Balaban J connectivity index is 1.44. The zero-order chi connectivity index (χ0) is 24.2. The summed E-state index contributed by atoms with van der Waals surface area (Å²) in [5.41, 5.74) is 2.33. The maximum atomic E-state index is 12.4. The molecule has 0 bridgehead atoms. The highest BCUT2D eigenvalue weighted by atomic mass is 79.9. The second kappa shape index (κ2) is 10.7. The van der Waals surface area contributed by atoms with Gasteiger partial charge in [-0.1, -0.05) is 47.5 Å². The zero-order valence-corrected chi connectivity index (χ0v) is 21.1. The summed E-state index contributed by atoms with van der Waals surface area (Å²) in [5.74, 6) is -0.616. The van der Waals surface area contributed by atoms with Crippen LogP contribution in [0.2, 0.25) is 10.0 Å². The molecule has 3 aromatic carbocycles. The first-order valence-electron chi connectivity index (χ1n) is 9.78. The van der Waals surface area contributed by atoms with Crippen LogP contribution in [0.4, 0.5) is 5.69 Å². The number of thioether (sulfide) groups is 1. The molecule has 1 heterocycles. The lowest BCUT2D eigenvalue weighted by molar-refractivity contribution is -0.115. The molecule has 1 saturated heterocycles. The van der Waals surface area contributed by atoms with E-state index in [2.05, 4.69) is 26.2 Å². The SMILES string of the molecule is O=C1NC(=Nc2cccc(Cl)c2Cl)SC1=Cc1ccc(OCc2ccc(C(=O)O)cc2)c(Br)c1. The van der Waals surface area contributed by atoms with Crippen LogP contribution in [0.5, 0.6) is 5.75 Å². The largest absolute Gasteiger partial charge is 0.488 e. The van der Waals surface area contributed by atoms with E-state index in [1.165, 1.54) is 23.9 Å². The van der Waals surface area contributed by atoms with Gasteiger partial charge in [-0.2, -0.15) is 0 Å². The van der Waals surface area contributed by atoms with Gasteiger partial charge in [0.25, 0.3) is 5.91 Å². The molecule has 2 N–H and O–H groups in total. The molecule has 1 fully saturated rings. The molecule has 3 aromatic rings. The van der Waals surface area contributed by atoms with E-state index in [1.807, 2.05) is 12.1 Å². The highest BCUT2D eigenvalue weighted by molar-refractivity contribution is 9.10. The Labute approximate surface area is 217 Å². The van der Waals surface area contributed by atoms with Crippen LogP contribution in [0.1, 0.15) is 21.5 Å². The first-order valence-corrected chi connectivity index (χ1v) is 12.1. The molecule has 6 nitrogen and oxygen atoms in total. The molecule has 0 unspecified atom stereocenters. The van der Waals surface area contributed by atoms with Crippen LogP contribution in [-0.2, 0) is 11.4 Å². The van der Waals surface area contributed by atoms with Crippen molar-refractivity contribution in [2.45, 2.75) is 6.61 Å². The van der Waals surface area contributed by atoms with Gasteiger partial charge in [0.05, 0.1) is 30.7 Å². The van der Waals surface area contributed by atoms with Crippen molar-refractivity contribution in [3.8, 4) is 5.75 Å². The number of halogens is 3. The van der Waals surface area contributed by atoms with Crippen molar-refractivity contribution in [1.82, 2.24) is 5.32 Å². The zero-order valence-electron chi connectivity index (χ0n) is 17.2. The predicted octanol–water partition coefficient (Wildman–Crippen LogP) is 6.92. The molecule has 1 aliphatic heterocycles. The van der Waals surface area contributed by atoms with E-state index < -0.39 is 5.97 Å². The highest BCUT2D eigenvalue weighted by Crippen LogP contribution is 2.35. The number of hydrogen-bond acceptors (Lipinski definition) is 5. The van der Waals surface area contributed by atoms with Crippen molar-refractivity contribution in [1.29, 1.82) is 0 Å². The van der Waals surface area contributed by atoms with Crippen LogP contribution in [0.15, 0.2) is 75.0 Å².